The van der Waals surface area contributed by atoms with Crippen molar-refractivity contribution in [3.8, 4) is 0 Å². The van der Waals surface area contributed by atoms with Crippen LogP contribution in [0.4, 0.5) is 5.82 Å². The highest BCUT2D eigenvalue weighted by atomic mass is 32.1. The summed E-state index contributed by atoms with van der Waals surface area (Å²) in [5.74, 6) is 0.967. The van der Waals surface area contributed by atoms with E-state index in [1.165, 1.54) is 23.2 Å². The van der Waals surface area contributed by atoms with E-state index in [0.29, 0.717) is 24.5 Å². The molecule has 0 amide bonds. The zero-order chi connectivity index (χ0) is 17.9. The number of morpholine rings is 1. The fraction of sp³-hybridized carbons (Fsp3) is 0.500. The molecule has 1 fully saturated rings. The minimum absolute atomic E-state index is 0.106. The molecule has 1 N–H and O–H groups in total. The number of fused-ring (bicyclic) bond motifs is 5. The van der Waals surface area contributed by atoms with E-state index >= 15 is 0 Å². The Balaban J connectivity index is 1.83. The fourth-order valence-corrected chi connectivity index (χ4v) is 4.89. The molecule has 5 heterocycles. The zero-order valence-electron chi connectivity index (χ0n) is 14.8. The Morgan fingerprint density at radius 2 is 2.08 bits per heavy atom. The van der Waals surface area contributed by atoms with E-state index in [4.69, 9.17) is 14.5 Å². The van der Waals surface area contributed by atoms with Gasteiger partial charge in [-0.1, -0.05) is 0 Å². The topological polar surface area (TPSA) is 80.3 Å². The van der Waals surface area contributed by atoms with Gasteiger partial charge in [0.25, 0.3) is 5.56 Å². The van der Waals surface area contributed by atoms with Crippen LogP contribution >= 0.6 is 11.3 Å². The Morgan fingerprint density at radius 1 is 1.27 bits per heavy atom. The second-order valence-electron chi connectivity index (χ2n) is 7.41. The summed E-state index contributed by atoms with van der Waals surface area (Å²) in [5.41, 5.74) is 2.74. The molecule has 136 valence electrons. The number of nitrogens with zero attached hydrogens (tertiary/aromatic N) is 3. The predicted octanol–water partition coefficient (Wildman–Crippen LogP) is 2.22. The number of aromatic amines is 1. The SMILES string of the molecule is CC1(C)Cc2c(c(N3CCOCC3)nc3sc4c(=O)[nH]cnc4c23)CO1. The lowest BCUT2D eigenvalue weighted by Crippen LogP contribution is -2.39. The van der Waals surface area contributed by atoms with Crippen molar-refractivity contribution in [3.05, 3.63) is 27.8 Å². The lowest BCUT2D eigenvalue weighted by Gasteiger charge is -2.36. The van der Waals surface area contributed by atoms with Crippen LogP contribution in [0.25, 0.3) is 20.4 Å². The summed E-state index contributed by atoms with van der Waals surface area (Å²) in [7, 11) is 0. The number of ether oxygens (including phenoxy) is 2. The average molecular weight is 372 g/mol. The quantitative estimate of drug-likeness (QED) is 0.706. The maximum atomic E-state index is 12.3. The Hall–Kier alpha value is -2.03. The lowest BCUT2D eigenvalue weighted by atomic mass is 9.90. The van der Waals surface area contributed by atoms with E-state index in [1.54, 1.807) is 0 Å². The molecular weight excluding hydrogens is 352 g/mol. The first-order valence-electron chi connectivity index (χ1n) is 8.82. The normalized spacial score (nSPS) is 19.8. The van der Waals surface area contributed by atoms with Crippen molar-refractivity contribution in [3.63, 3.8) is 0 Å². The molecule has 0 aliphatic carbocycles. The fourth-order valence-electron chi connectivity index (χ4n) is 3.84. The molecule has 0 bridgehead atoms. The standard InChI is InChI=1S/C18H20N4O3S/c1-18(2)7-10-11(8-25-18)15(22-3-5-24-6-4-22)21-17-12(10)13-14(26-17)16(23)20-9-19-13/h9H,3-8H2,1-2H3,(H,19,20,23). The van der Waals surface area contributed by atoms with Gasteiger partial charge in [0, 0.05) is 30.5 Å². The summed E-state index contributed by atoms with van der Waals surface area (Å²) in [6, 6.07) is 0. The molecule has 8 heteroatoms. The highest BCUT2D eigenvalue weighted by Crippen LogP contribution is 2.41. The minimum Gasteiger partial charge on any atom is -0.378 e. The van der Waals surface area contributed by atoms with Crippen molar-refractivity contribution in [2.75, 3.05) is 31.2 Å². The van der Waals surface area contributed by atoms with Crippen molar-refractivity contribution in [1.29, 1.82) is 0 Å². The van der Waals surface area contributed by atoms with E-state index in [9.17, 15) is 4.79 Å². The van der Waals surface area contributed by atoms with Gasteiger partial charge >= 0.3 is 0 Å². The summed E-state index contributed by atoms with van der Waals surface area (Å²) in [6.45, 7) is 7.77. The Bertz CT molecular complexity index is 1070. The molecule has 2 aliphatic heterocycles. The van der Waals surface area contributed by atoms with Gasteiger partial charge in [0.1, 0.15) is 15.3 Å². The van der Waals surface area contributed by atoms with Gasteiger partial charge in [-0.2, -0.15) is 0 Å². The lowest BCUT2D eigenvalue weighted by molar-refractivity contribution is -0.0396. The van der Waals surface area contributed by atoms with Crippen LogP contribution in [0.15, 0.2) is 11.1 Å². The van der Waals surface area contributed by atoms with Crippen molar-refractivity contribution in [2.45, 2.75) is 32.5 Å². The third kappa shape index (κ3) is 2.44. The molecule has 1 saturated heterocycles. The number of thiophene rings is 1. The minimum atomic E-state index is -0.251. The van der Waals surface area contributed by atoms with E-state index < -0.39 is 0 Å². The Kier molecular flexibility index (Phi) is 3.57. The average Bonchev–Trinajstić information content (AvgIpc) is 3.01. The van der Waals surface area contributed by atoms with Crippen LogP contribution < -0.4 is 10.5 Å². The van der Waals surface area contributed by atoms with Crippen LogP contribution in [-0.4, -0.2) is 46.9 Å². The third-order valence-electron chi connectivity index (χ3n) is 5.12. The number of hydrogen-bond donors (Lipinski definition) is 1. The highest BCUT2D eigenvalue weighted by Gasteiger charge is 2.33. The van der Waals surface area contributed by atoms with Crippen LogP contribution in [0.3, 0.4) is 0 Å². The monoisotopic (exact) mass is 372 g/mol. The van der Waals surface area contributed by atoms with E-state index in [-0.39, 0.29) is 11.2 Å². The predicted molar refractivity (Wildman–Crippen MR) is 101 cm³/mol. The van der Waals surface area contributed by atoms with Gasteiger partial charge in [-0.05, 0) is 19.4 Å². The van der Waals surface area contributed by atoms with Crippen LogP contribution in [0.1, 0.15) is 25.0 Å². The van der Waals surface area contributed by atoms with Gasteiger partial charge in [-0.3, -0.25) is 4.79 Å². The molecule has 0 spiro atoms. The van der Waals surface area contributed by atoms with Crippen molar-refractivity contribution >= 4 is 37.6 Å². The molecule has 0 radical (unpaired) electrons. The molecule has 0 saturated carbocycles. The summed E-state index contributed by atoms with van der Waals surface area (Å²) in [6.07, 6.45) is 2.25. The maximum Gasteiger partial charge on any atom is 0.268 e. The molecule has 3 aromatic rings. The molecule has 2 aliphatic rings. The van der Waals surface area contributed by atoms with E-state index in [1.807, 2.05) is 0 Å². The van der Waals surface area contributed by atoms with Crippen molar-refractivity contribution in [2.24, 2.45) is 0 Å². The molecular formula is C18H20N4O3S. The number of hydrogen-bond acceptors (Lipinski definition) is 7. The molecule has 26 heavy (non-hydrogen) atoms. The van der Waals surface area contributed by atoms with Gasteiger partial charge in [0.15, 0.2) is 0 Å². The van der Waals surface area contributed by atoms with E-state index in [0.717, 1.165) is 46.6 Å². The third-order valence-corrected chi connectivity index (χ3v) is 6.20. The summed E-state index contributed by atoms with van der Waals surface area (Å²) in [5, 5.41) is 1.01. The largest absolute Gasteiger partial charge is 0.378 e. The zero-order valence-corrected chi connectivity index (χ0v) is 15.6. The summed E-state index contributed by atoms with van der Waals surface area (Å²) < 4.78 is 12.2. The van der Waals surface area contributed by atoms with Crippen LogP contribution in [0.5, 0.6) is 0 Å². The maximum absolute atomic E-state index is 12.3. The highest BCUT2D eigenvalue weighted by molar-refractivity contribution is 7.25. The molecule has 3 aromatic heterocycles. The van der Waals surface area contributed by atoms with Gasteiger partial charge in [-0.15, -0.1) is 11.3 Å². The van der Waals surface area contributed by atoms with Gasteiger partial charge in [-0.25, -0.2) is 9.97 Å². The molecule has 0 atom stereocenters. The van der Waals surface area contributed by atoms with Gasteiger partial charge in [0.2, 0.25) is 0 Å². The number of H-pyrrole nitrogens is 1. The number of nitrogens with one attached hydrogen (secondary N) is 1. The van der Waals surface area contributed by atoms with Crippen LogP contribution in [-0.2, 0) is 22.5 Å². The van der Waals surface area contributed by atoms with Crippen molar-refractivity contribution in [1.82, 2.24) is 15.0 Å². The number of anilines is 1. The molecule has 5 rings (SSSR count). The number of aromatic nitrogens is 3. The second-order valence-corrected chi connectivity index (χ2v) is 8.41. The number of pyridine rings is 1. The first-order valence-corrected chi connectivity index (χ1v) is 9.63. The van der Waals surface area contributed by atoms with Gasteiger partial charge < -0.3 is 19.4 Å². The first kappa shape index (κ1) is 16.2. The van der Waals surface area contributed by atoms with E-state index in [2.05, 4.69) is 28.7 Å². The number of rotatable bonds is 1. The summed E-state index contributed by atoms with van der Waals surface area (Å²) >= 11 is 1.42. The van der Waals surface area contributed by atoms with Crippen LogP contribution in [0, 0.1) is 0 Å². The molecule has 0 aromatic carbocycles. The second kappa shape index (κ2) is 5.73. The smallest absolute Gasteiger partial charge is 0.268 e. The van der Waals surface area contributed by atoms with Crippen LogP contribution in [0.2, 0.25) is 0 Å². The Morgan fingerprint density at radius 3 is 2.88 bits per heavy atom. The molecule has 7 nitrogen and oxygen atoms in total. The Labute approximate surface area is 154 Å². The van der Waals surface area contributed by atoms with Gasteiger partial charge in [0.05, 0.1) is 37.3 Å². The van der Waals surface area contributed by atoms with Crippen molar-refractivity contribution < 1.29 is 9.47 Å². The first-order chi connectivity index (χ1) is 12.5. The molecule has 0 unspecified atom stereocenters. The summed E-state index contributed by atoms with van der Waals surface area (Å²) in [4.78, 5) is 27.5.